The highest BCUT2D eigenvalue weighted by Gasteiger charge is 2.55. The van der Waals surface area contributed by atoms with Crippen LogP contribution in [0.1, 0.15) is 35.7 Å². The molecular weight excluding hydrogens is 520 g/mol. The number of pyridine rings is 1. The van der Waals surface area contributed by atoms with Crippen LogP contribution in [0.5, 0.6) is 5.88 Å². The molecule has 1 spiro atoms. The van der Waals surface area contributed by atoms with Crippen LogP contribution in [0.4, 0.5) is 31.1 Å². The number of alkyl halides is 6. The Kier molecular flexibility index (Phi) is 6.75. The number of rotatable bonds is 6. The van der Waals surface area contributed by atoms with E-state index in [9.17, 15) is 35.9 Å². The Morgan fingerprint density at radius 2 is 1.92 bits per heavy atom. The lowest BCUT2D eigenvalue weighted by molar-refractivity contribution is -0.342. The molecule has 2 aromatic rings. The van der Waals surface area contributed by atoms with Crippen LogP contribution < -0.4 is 10.1 Å². The molecule has 0 aromatic carbocycles. The predicted molar refractivity (Wildman–Crippen MR) is 114 cm³/mol. The topological polar surface area (TPSA) is 90.0 Å². The minimum absolute atomic E-state index is 0.0154. The van der Waals surface area contributed by atoms with Gasteiger partial charge in [0.05, 0.1) is 27.4 Å². The molecule has 1 N–H and O–H groups in total. The maximum absolute atomic E-state index is 13.6. The van der Waals surface area contributed by atoms with E-state index in [1.165, 1.54) is 17.3 Å². The van der Waals surface area contributed by atoms with E-state index in [1.54, 1.807) is 0 Å². The van der Waals surface area contributed by atoms with Gasteiger partial charge in [-0.2, -0.15) is 13.2 Å². The molecule has 2 aliphatic rings. The summed E-state index contributed by atoms with van der Waals surface area (Å²) < 4.78 is 91.5. The van der Waals surface area contributed by atoms with Crippen LogP contribution in [0.25, 0.3) is 10.2 Å². The minimum atomic E-state index is -4.83. The van der Waals surface area contributed by atoms with Gasteiger partial charge in [0.2, 0.25) is 5.88 Å². The fourth-order valence-electron chi connectivity index (χ4n) is 4.41. The molecule has 0 bridgehead atoms. The van der Waals surface area contributed by atoms with Gasteiger partial charge in [0.25, 0.3) is 5.91 Å². The lowest BCUT2D eigenvalue weighted by Gasteiger charge is -2.57. The summed E-state index contributed by atoms with van der Waals surface area (Å²) in [5.74, 6) is -0.824. The van der Waals surface area contributed by atoms with E-state index < -0.39 is 48.9 Å². The molecule has 36 heavy (non-hydrogen) atoms. The minimum Gasteiger partial charge on any atom is -0.474 e. The van der Waals surface area contributed by atoms with Crippen LogP contribution in [-0.4, -0.2) is 67.2 Å². The molecule has 1 atom stereocenters. The second kappa shape index (κ2) is 9.25. The van der Waals surface area contributed by atoms with E-state index in [1.807, 2.05) is 0 Å². The summed E-state index contributed by atoms with van der Waals surface area (Å²) in [5.41, 5.74) is -1.33. The van der Waals surface area contributed by atoms with Crippen LogP contribution in [0.15, 0.2) is 11.4 Å². The summed E-state index contributed by atoms with van der Waals surface area (Å²) in [6.07, 6.45) is -11.2. The van der Waals surface area contributed by atoms with Crippen molar-refractivity contribution in [3.63, 3.8) is 0 Å². The summed E-state index contributed by atoms with van der Waals surface area (Å²) in [6, 6.07) is 0.812. The van der Waals surface area contributed by atoms with Gasteiger partial charge in [0.15, 0.2) is 0 Å². The molecule has 0 unspecified atom stereocenters. The van der Waals surface area contributed by atoms with Crippen LogP contribution >= 0.6 is 11.3 Å². The molecule has 1 aliphatic carbocycles. The number of fused-ring (bicyclic) bond motifs is 1. The number of nitrogens with zero attached hydrogens (tertiary/aromatic N) is 2. The van der Waals surface area contributed by atoms with Gasteiger partial charge in [-0.25, -0.2) is 9.78 Å². The molecule has 1 saturated carbocycles. The quantitative estimate of drug-likeness (QED) is 0.539. The van der Waals surface area contributed by atoms with Gasteiger partial charge in [-0.3, -0.25) is 9.53 Å². The second-order valence-corrected chi connectivity index (χ2v) is 9.75. The molecule has 3 heterocycles. The third-order valence-corrected chi connectivity index (χ3v) is 6.97. The van der Waals surface area contributed by atoms with Gasteiger partial charge in [-0.15, -0.1) is 24.5 Å². The highest BCUT2D eigenvalue weighted by atomic mass is 32.1. The number of likely N-dealkylation sites (tertiary alicyclic amines) is 1. The van der Waals surface area contributed by atoms with Crippen LogP contribution in [0.2, 0.25) is 0 Å². The van der Waals surface area contributed by atoms with E-state index in [0.717, 1.165) is 24.3 Å². The van der Waals surface area contributed by atoms with Crippen molar-refractivity contribution in [3.8, 4) is 5.88 Å². The molecule has 8 nitrogen and oxygen atoms in total. The van der Waals surface area contributed by atoms with Crippen molar-refractivity contribution >= 4 is 33.6 Å². The SMILES string of the molecule is CNC(=O)c1csc2c(C(F)(F)F)cc(OC3CC4(C3)CN(C(=O)OC[C@H](C)OC(F)(F)F)C4)nc12. The van der Waals surface area contributed by atoms with Crippen molar-refractivity contribution in [3.05, 3.63) is 22.6 Å². The third kappa shape index (κ3) is 5.45. The molecule has 2 aromatic heterocycles. The van der Waals surface area contributed by atoms with Gasteiger partial charge in [0.1, 0.15) is 12.7 Å². The number of aromatic nitrogens is 1. The van der Waals surface area contributed by atoms with Crippen LogP contribution in [0.3, 0.4) is 0 Å². The molecule has 4 rings (SSSR count). The number of ether oxygens (including phenoxy) is 3. The average Bonchev–Trinajstić information content (AvgIpc) is 3.13. The van der Waals surface area contributed by atoms with E-state index >= 15 is 0 Å². The van der Waals surface area contributed by atoms with Gasteiger partial charge < -0.3 is 19.7 Å². The molecule has 2 fully saturated rings. The van der Waals surface area contributed by atoms with Gasteiger partial charge >= 0.3 is 18.6 Å². The van der Waals surface area contributed by atoms with E-state index in [4.69, 9.17) is 9.47 Å². The molecule has 0 radical (unpaired) electrons. The maximum Gasteiger partial charge on any atom is 0.522 e. The Labute approximate surface area is 204 Å². The first kappa shape index (κ1) is 26.3. The van der Waals surface area contributed by atoms with E-state index in [2.05, 4.69) is 15.0 Å². The first-order valence-corrected chi connectivity index (χ1v) is 11.6. The molecular formula is C21H21F6N3O5S. The number of halogens is 6. The molecule has 2 amide bonds. The fraction of sp³-hybridized carbons (Fsp3) is 0.571. The second-order valence-electron chi connectivity index (χ2n) is 8.87. The fourth-order valence-corrected chi connectivity index (χ4v) is 5.43. The van der Waals surface area contributed by atoms with Crippen molar-refractivity contribution < 1.29 is 50.1 Å². The zero-order valence-electron chi connectivity index (χ0n) is 19.0. The Morgan fingerprint density at radius 1 is 1.25 bits per heavy atom. The number of carbonyl (C=O) groups is 2. The smallest absolute Gasteiger partial charge is 0.474 e. The van der Waals surface area contributed by atoms with Crippen LogP contribution in [-0.2, 0) is 15.7 Å². The van der Waals surface area contributed by atoms with Gasteiger partial charge in [-0.05, 0) is 19.8 Å². The van der Waals surface area contributed by atoms with Crippen molar-refractivity contribution in [2.75, 3.05) is 26.7 Å². The number of thiophene rings is 1. The first-order valence-electron chi connectivity index (χ1n) is 10.7. The number of nitrogens with one attached hydrogen (secondary N) is 1. The molecule has 1 saturated heterocycles. The van der Waals surface area contributed by atoms with E-state index in [-0.39, 0.29) is 40.2 Å². The van der Waals surface area contributed by atoms with Crippen molar-refractivity contribution in [1.29, 1.82) is 0 Å². The average molecular weight is 541 g/mol. The maximum atomic E-state index is 13.6. The molecule has 198 valence electrons. The normalized spacial score (nSPS) is 18.5. The van der Waals surface area contributed by atoms with Crippen molar-refractivity contribution in [1.82, 2.24) is 15.2 Å². The van der Waals surface area contributed by atoms with E-state index in [0.29, 0.717) is 12.8 Å². The largest absolute Gasteiger partial charge is 0.522 e. The highest BCUT2D eigenvalue weighted by Crippen LogP contribution is 2.50. The molecule has 15 heteroatoms. The number of amides is 2. The van der Waals surface area contributed by atoms with Gasteiger partial charge in [0, 0.05) is 37.0 Å². The standard InChI is InChI=1S/C21H21F6N3O5S/c1-10(35-21(25,26)27)6-33-18(32)30-8-19(9-30)4-11(5-19)34-14-3-13(20(22,23)24)16-15(29-14)12(7-36-16)17(31)28-2/h3,7,10-11H,4-6,8-9H2,1-2H3,(H,28,31)/t10-/m0/s1. The summed E-state index contributed by atoms with van der Waals surface area (Å²) in [6.45, 7) is 1.12. The van der Waals surface area contributed by atoms with Crippen molar-refractivity contribution in [2.45, 2.75) is 44.5 Å². The predicted octanol–water partition coefficient (Wildman–Crippen LogP) is 4.58. The third-order valence-electron chi connectivity index (χ3n) is 5.97. The highest BCUT2D eigenvalue weighted by molar-refractivity contribution is 7.17. The number of hydrogen-bond donors (Lipinski definition) is 1. The summed E-state index contributed by atoms with van der Waals surface area (Å²) >= 11 is 0.770. The lowest BCUT2D eigenvalue weighted by Crippen LogP contribution is -2.66. The van der Waals surface area contributed by atoms with Crippen LogP contribution in [0, 0.1) is 5.41 Å². The van der Waals surface area contributed by atoms with Gasteiger partial charge in [-0.1, -0.05) is 0 Å². The summed E-state index contributed by atoms with van der Waals surface area (Å²) in [5, 5.41) is 3.68. The lowest BCUT2D eigenvalue weighted by atomic mass is 9.62. The Morgan fingerprint density at radius 3 is 2.50 bits per heavy atom. The molecule has 1 aliphatic heterocycles. The first-order chi connectivity index (χ1) is 16.7. The monoisotopic (exact) mass is 541 g/mol. The Hall–Kier alpha value is -2.81. The van der Waals surface area contributed by atoms with Crippen molar-refractivity contribution in [2.24, 2.45) is 5.41 Å². The summed E-state index contributed by atoms with van der Waals surface area (Å²) in [7, 11) is 1.36. The Balaban J connectivity index is 1.34. The number of hydrogen-bond acceptors (Lipinski definition) is 7. The zero-order valence-corrected chi connectivity index (χ0v) is 19.8. The zero-order chi connectivity index (χ0) is 26.5. The summed E-state index contributed by atoms with van der Waals surface area (Å²) in [4.78, 5) is 29.5. The Bertz CT molecular complexity index is 1150. The number of carbonyl (C=O) groups excluding carboxylic acids is 2.